The lowest BCUT2D eigenvalue weighted by atomic mass is 10.0. The Hall–Kier alpha value is -1.95. The third-order valence-electron chi connectivity index (χ3n) is 4.61. The van der Waals surface area contributed by atoms with Crippen LogP contribution >= 0.6 is 0 Å². The number of likely N-dealkylation sites (N-methyl/N-ethyl adjacent to an activating group) is 1. The number of benzene rings is 1. The van der Waals surface area contributed by atoms with Gasteiger partial charge in [0.1, 0.15) is 18.1 Å². The van der Waals surface area contributed by atoms with Crippen LogP contribution in [0.25, 0.3) is 0 Å². The highest BCUT2D eigenvalue weighted by Gasteiger charge is 2.25. The topological polar surface area (TPSA) is 54.0 Å². The van der Waals surface area contributed by atoms with Crippen molar-refractivity contribution < 1.29 is 14.3 Å². The molecule has 0 saturated carbocycles. The molecule has 1 fully saturated rings. The summed E-state index contributed by atoms with van der Waals surface area (Å²) in [4.78, 5) is 16.7. The van der Waals surface area contributed by atoms with Gasteiger partial charge in [0.25, 0.3) is 0 Å². The van der Waals surface area contributed by atoms with Gasteiger partial charge in [-0.15, -0.1) is 0 Å². The monoisotopic (exact) mass is 319 g/mol. The molecule has 1 aromatic carbocycles. The van der Waals surface area contributed by atoms with Crippen molar-refractivity contribution >= 4 is 6.03 Å². The van der Waals surface area contributed by atoms with E-state index >= 15 is 0 Å². The lowest BCUT2D eigenvalue weighted by Gasteiger charge is -2.35. The first-order valence-electron chi connectivity index (χ1n) is 8.27. The van der Waals surface area contributed by atoms with E-state index in [1.165, 1.54) is 0 Å². The number of methoxy groups -OCH3 is 1. The van der Waals surface area contributed by atoms with Crippen molar-refractivity contribution in [3.63, 3.8) is 0 Å². The van der Waals surface area contributed by atoms with Crippen molar-refractivity contribution in [3.8, 4) is 11.5 Å². The number of ether oxygens (including phenoxy) is 2. The van der Waals surface area contributed by atoms with Crippen molar-refractivity contribution in [2.24, 2.45) is 0 Å². The van der Waals surface area contributed by atoms with E-state index in [4.69, 9.17) is 9.47 Å². The lowest BCUT2D eigenvalue weighted by Crippen LogP contribution is -2.54. The molecular formula is C17H25N3O3. The molecule has 1 N–H and O–H groups in total. The second-order valence-electron chi connectivity index (χ2n) is 6.06. The second kappa shape index (κ2) is 7.08. The van der Waals surface area contributed by atoms with Crippen molar-refractivity contribution in [1.29, 1.82) is 0 Å². The predicted molar refractivity (Wildman–Crippen MR) is 88.2 cm³/mol. The van der Waals surface area contributed by atoms with Gasteiger partial charge in [0.05, 0.1) is 13.2 Å². The fourth-order valence-corrected chi connectivity index (χ4v) is 3.12. The molecule has 1 atom stereocenters. The van der Waals surface area contributed by atoms with Gasteiger partial charge in [0.15, 0.2) is 0 Å². The predicted octanol–water partition coefficient (Wildman–Crippen LogP) is 1.35. The number of hydrogen-bond donors (Lipinski definition) is 1. The quantitative estimate of drug-likeness (QED) is 0.914. The Morgan fingerprint density at radius 2 is 2.13 bits per heavy atom. The maximum absolute atomic E-state index is 12.4. The number of carbonyl (C=O) groups is 1. The fraction of sp³-hybridized carbons (Fsp3) is 0.588. The Labute approximate surface area is 137 Å². The highest BCUT2D eigenvalue weighted by molar-refractivity contribution is 5.74. The molecule has 2 aliphatic heterocycles. The molecule has 126 valence electrons. The summed E-state index contributed by atoms with van der Waals surface area (Å²) in [6, 6.07) is 5.82. The standard InChI is InChI=1S/C17H25N3O3/c1-3-19-6-8-20(9-7-19)17(21)18-14-10-13-11-15(22-2)4-5-16(13)23-12-14/h4-5,11,14H,3,6-10,12H2,1-2H3,(H,18,21)/t14-/m1/s1. The van der Waals surface area contributed by atoms with E-state index < -0.39 is 0 Å². The Kier molecular flexibility index (Phi) is 4.91. The zero-order chi connectivity index (χ0) is 16.2. The van der Waals surface area contributed by atoms with Gasteiger partial charge in [0.2, 0.25) is 0 Å². The van der Waals surface area contributed by atoms with Gasteiger partial charge in [-0.2, -0.15) is 0 Å². The Balaban J connectivity index is 1.55. The first kappa shape index (κ1) is 15.9. The molecule has 0 aromatic heterocycles. The van der Waals surface area contributed by atoms with Crippen LogP contribution in [0, 0.1) is 0 Å². The third-order valence-corrected chi connectivity index (χ3v) is 4.61. The van der Waals surface area contributed by atoms with E-state index in [1.807, 2.05) is 23.1 Å². The van der Waals surface area contributed by atoms with Gasteiger partial charge in [-0.05, 0) is 36.7 Å². The van der Waals surface area contributed by atoms with Crippen LogP contribution in [-0.4, -0.2) is 68.3 Å². The Morgan fingerprint density at radius 1 is 1.35 bits per heavy atom. The maximum Gasteiger partial charge on any atom is 0.317 e. The minimum Gasteiger partial charge on any atom is -0.497 e. The average molecular weight is 319 g/mol. The van der Waals surface area contributed by atoms with E-state index in [0.29, 0.717) is 6.61 Å². The summed E-state index contributed by atoms with van der Waals surface area (Å²) >= 11 is 0. The molecule has 1 saturated heterocycles. The van der Waals surface area contributed by atoms with Crippen LogP contribution in [-0.2, 0) is 6.42 Å². The molecule has 2 aliphatic rings. The molecule has 0 bridgehead atoms. The molecule has 0 radical (unpaired) electrons. The van der Waals surface area contributed by atoms with Crippen LogP contribution in [0.1, 0.15) is 12.5 Å². The van der Waals surface area contributed by atoms with E-state index in [2.05, 4.69) is 17.1 Å². The molecule has 0 aliphatic carbocycles. The van der Waals surface area contributed by atoms with Gasteiger partial charge in [0, 0.05) is 26.2 Å². The fourth-order valence-electron chi connectivity index (χ4n) is 3.12. The smallest absolute Gasteiger partial charge is 0.317 e. The van der Waals surface area contributed by atoms with Crippen LogP contribution in [0.4, 0.5) is 4.79 Å². The number of piperazine rings is 1. The van der Waals surface area contributed by atoms with Crippen molar-refractivity contribution in [1.82, 2.24) is 15.1 Å². The molecule has 2 heterocycles. The average Bonchev–Trinajstić information content (AvgIpc) is 2.61. The molecule has 1 aromatic rings. The zero-order valence-electron chi connectivity index (χ0n) is 13.9. The van der Waals surface area contributed by atoms with Crippen LogP contribution < -0.4 is 14.8 Å². The molecule has 6 heteroatoms. The van der Waals surface area contributed by atoms with Crippen LogP contribution in [0.15, 0.2) is 18.2 Å². The molecular weight excluding hydrogens is 294 g/mol. The van der Waals surface area contributed by atoms with Crippen molar-refractivity contribution in [2.75, 3.05) is 46.4 Å². The number of fused-ring (bicyclic) bond motifs is 1. The van der Waals surface area contributed by atoms with Crippen LogP contribution in [0.2, 0.25) is 0 Å². The lowest BCUT2D eigenvalue weighted by molar-refractivity contribution is 0.136. The Morgan fingerprint density at radius 3 is 2.83 bits per heavy atom. The minimum atomic E-state index is 0.00584. The second-order valence-corrected chi connectivity index (χ2v) is 6.06. The van der Waals surface area contributed by atoms with Gasteiger partial charge >= 0.3 is 6.03 Å². The zero-order valence-corrected chi connectivity index (χ0v) is 13.9. The summed E-state index contributed by atoms with van der Waals surface area (Å²) in [6.07, 6.45) is 0.771. The number of nitrogens with one attached hydrogen (secondary N) is 1. The van der Waals surface area contributed by atoms with Crippen LogP contribution in [0.3, 0.4) is 0 Å². The summed E-state index contributed by atoms with van der Waals surface area (Å²) < 4.78 is 11.0. The van der Waals surface area contributed by atoms with Gasteiger partial charge in [-0.3, -0.25) is 0 Å². The number of hydrogen-bond acceptors (Lipinski definition) is 4. The van der Waals surface area contributed by atoms with Gasteiger partial charge in [-0.25, -0.2) is 4.79 Å². The van der Waals surface area contributed by atoms with Gasteiger partial charge in [-0.1, -0.05) is 6.92 Å². The van der Waals surface area contributed by atoms with E-state index in [0.717, 1.165) is 56.2 Å². The Bertz CT molecular complexity index is 556. The van der Waals surface area contributed by atoms with Gasteiger partial charge < -0.3 is 24.6 Å². The highest BCUT2D eigenvalue weighted by Crippen LogP contribution is 2.28. The maximum atomic E-state index is 12.4. The summed E-state index contributed by atoms with van der Waals surface area (Å²) in [5.41, 5.74) is 1.08. The molecule has 2 amide bonds. The molecule has 0 unspecified atom stereocenters. The van der Waals surface area contributed by atoms with Crippen LogP contribution in [0.5, 0.6) is 11.5 Å². The number of urea groups is 1. The summed E-state index contributed by atoms with van der Waals surface area (Å²) in [6.45, 7) is 7.19. The SMILES string of the molecule is CCN1CCN(C(=O)N[C@H]2COc3ccc(OC)cc3C2)CC1. The van der Waals surface area contributed by atoms with E-state index in [-0.39, 0.29) is 12.1 Å². The molecule has 0 spiro atoms. The third kappa shape index (κ3) is 3.69. The van der Waals surface area contributed by atoms with Crippen molar-refractivity contribution in [3.05, 3.63) is 23.8 Å². The first-order valence-corrected chi connectivity index (χ1v) is 8.27. The van der Waals surface area contributed by atoms with E-state index in [1.54, 1.807) is 7.11 Å². The molecule has 23 heavy (non-hydrogen) atoms. The number of nitrogens with zero attached hydrogens (tertiary/aromatic N) is 2. The summed E-state index contributed by atoms with van der Waals surface area (Å²) in [5.74, 6) is 1.70. The largest absolute Gasteiger partial charge is 0.497 e. The summed E-state index contributed by atoms with van der Waals surface area (Å²) in [5, 5.41) is 3.10. The normalized spacial score (nSPS) is 21.3. The summed E-state index contributed by atoms with van der Waals surface area (Å²) in [7, 11) is 1.65. The highest BCUT2D eigenvalue weighted by atomic mass is 16.5. The van der Waals surface area contributed by atoms with Crippen molar-refractivity contribution in [2.45, 2.75) is 19.4 Å². The number of amides is 2. The molecule has 6 nitrogen and oxygen atoms in total. The number of carbonyl (C=O) groups excluding carboxylic acids is 1. The number of rotatable bonds is 3. The first-order chi connectivity index (χ1) is 11.2. The van der Waals surface area contributed by atoms with E-state index in [9.17, 15) is 4.79 Å². The molecule has 3 rings (SSSR count). The minimum absolute atomic E-state index is 0.00584.